The van der Waals surface area contributed by atoms with Crippen molar-refractivity contribution in [2.24, 2.45) is 0 Å². The molecule has 0 saturated heterocycles. The molecule has 1 unspecified atom stereocenters. The van der Waals surface area contributed by atoms with Crippen molar-refractivity contribution in [3.05, 3.63) is 48.6 Å². The van der Waals surface area contributed by atoms with Gasteiger partial charge in [-0.15, -0.1) is 0 Å². The standard InChI is InChI=1S/C42H73O11P/c1-3-5-7-8-9-10-11-12-13-14-15-18-21-24-28-32-41(46)50-36-40(37-52-54(48,49)51-35-39(45)34-43)53-42(47)33-29-25-22-19-16-17-20-23-27-31-38(44)30-26-6-4-2/h10-13,20,23,27,31,39-40,43,45H,3-9,14-19,21-22,24-26,28-30,32-37H2,1-2H3,(H,48,49)/b11-10-,13-12-,23-20-,31-27+/t39-,40+/m0/s1. The number of ether oxygens (including phenoxy) is 2. The summed E-state index contributed by atoms with van der Waals surface area (Å²) in [6.45, 7) is 2.12. The predicted molar refractivity (Wildman–Crippen MR) is 215 cm³/mol. The minimum atomic E-state index is -4.64. The second-order valence-corrected chi connectivity index (χ2v) is 15.2. The maximum absolute atomic E-state index is 12.6. The maximum Gasteiger partial charge on any atom is 0.472 e. The third kappa shape index (κ3) is 36.6. The number of esters is 2. The zero-order valence-electron chi connectivity index (χ0n) is 33.4. The average Bonchev–Trinajstić information content (AvgIpc) is 3.15. The fourth-order valence-corrected chi connectivity index (χ4v) is 5.99. The first-order valence-corrected chi connectivity index (χ1v) is 22.1. The minimum Gasteiger partial charge on any atom is -0.462 e. The SMILES string of the molecule is CCCCCC/C=C\C=C/CCCCCCCC(=O)OC[C@H](COP(=O)(O)OC[C@@H](O)CO)OC(=O)CCCCCCC/C=C\C=C\C(=O)CCCCC. The molecule has 0 rings (SSSR count). The van der Waals surface area contributed by atoms with Gasteiger partial charge in [-0.05, 0) is 63.9 Å². The Morgan fingerprint density at radius 1 is 0.593 bits per heavy atom. The van der Waals surface area contributed by atoms with E-state index in [0.717, 1.165) is 89.9 Å². The maximum atomic E-state index is 12.6. The Hall–Kier alpha value is -2.40. The molecule has 54 heavy (non-hydrogen) atoms. The number of carbonyl (C=O) groups excluding carboxylic acids is 3. The van der Waals surface area contributed by atoms with Gasteiger partial charge in [-0.1, -0.05) is 127 Å². The fraction of sp³-hybridized carbons (Fsp3) is 0.738. The van der Waals surface area contributed by atoms with Gasteiger partial charge in [0.15, 0.2) is 11.9 Å². The lowest BCUT2D eigenvalue weighted by molar-refractivity contribution is -0.161. The van der Waals surface area contributed by atoms with Crippen molar-refractivity contribution >= 4 is 25.5 Å². The van der Waals surface area contributed by atoms with E-state index in [1.54, 1.807) is 12.2 Å². The van der Waals surface area contributed by atoms with Crippen molar-refractivity contribution in [2.75, 3.05) is 26.4 Å². The zero-order valence-corrected chi connectivity index (χ0v) is 34.3. The van der Waals surface area contributed by atoms with Gasteiger partial charge in [-0.25, -0.2) is 4.57 Å². The van der Waals surface area contributed by atoms with Gasteiger partial charge in [0.25, 0.3) is 0 Å². The number of carbonyl (C=O) groups is 3. The first-order chi connectivity index (χ1) is 26.1. The van der Waals surface area contributed by atoms with Crippen molar-refractivity contribution in [1.29, 1.82) is 0 Å². The molecule has 0 bridgehead atoms. The zero-order chi connectivity index (χ0) is 40.0. The molecule has 0 aliphatic heterocycles. The molecule has 312 valence electrons. The topological polar surface area (TPSA) is 166 Å². The Morgan fingerprint density at radius 2 is 1.06 bits per heavy atom. The van der Waals surface area contributed by atoms with Crippen molar-refractivity contribution in [3.8, 4) is 0 Å². The number of unbranched alkanes of at least 4 members (excludes halogenated alkanes) is 16. The minimum absolute atomic E-state index is 0.128. The smallest absolute Gasteiger partial charge is 0.462 e. The summed E-state index contributed by atoms with van der Waals surface area (Å²) in [5.74, 6) is -0.848. The van der Waals surface area contributed by atoms with Gasteiger partial charge in [0, 0.05) is 19.3 Å². The van der Waals surface area contributed by atoms with E-state index >= 15 is 0 Å². The van der Waals surface area contributed by atoms with Crippen molar-refractivity contribution in [1.82, 2.24) is 0 Å². The van der Waals surface area contributed by atoms with E-state index in [1.165, 1.54) is 25.7 Å². The molecule has 0 heterocycles. The van der Waals surface area contributed by atoms with Crippen LogP contribution in [0.3, 0.4) is 0 Å². The summed E-state index contributed by atoms with van der Waals surface area (Å²) in [6.07, 6.45) is 34.8. The molecule has 0 aromatic heterocycles. The highest BCUT2D eigenvalue weighted by Gasteiger charge is 2.27. The number of aliphatic hydroxyl groups is 2. The molecular formula is C42H73O11P. The van der Waals surface area contributed by atoms with Crippen molar-refractivity contribution in [2.45, 2.75) is 174 Å². The lowest BCUT2D eigenvalue weighted by Gasteiger charge is -2.20. The first-order valence-electron chi connectivity index (χ1n) is 20.6. The molecule has 0 aromatic rings. The van der Waals surface area contributed by atoms with Crippen LogP contribution >= 0.6 is 7.82 Å². The number of hydrogen-bond acceptors (Lipinski definition) is 10. The molecule has 0 amide bonds. The molecule has 3 atom stereocenters. The number of phosphoric ester groups is 1. The molecule has 0 radical (unpaired) electrons. The number of allylic oxidation sites excluding steroid dienone is 8. The number of phosphoric acid groups is 1. The predicted octanol–water partition coefficient (Wildman–Crippen LogP) is 9.73. The van der Waals surface area contributed by atoms with Gasteiger partial charge < -0.3 is 24.6 Å². The number of ketones is 1. The van der Waals surface area contributed by atoms with Gasteiger partial charge in [0.2, 0.25) is 0 Å². The monoisotopic (exact) mass is 784 g/mol. The van der Waals surface area contributed by atoms with Crippen LogP contribution < -0.4 is 0 Å². The van der Waals surface area contributed by atoms with Crippen LogP contribution in [-0.2, 0) is 37.5 Å². The number of rotatable bonds is 38. The number of aliphatic hydroxyl groups excluding tert-OH is 2. The molecular weight excluding hydrogens is 711 g/mol. The van der Waals surface area contributed by atoms with E-state index in [0.29, 0.717) is 19.3 Å². The van der Waals surface area contributed by atoms with Crippen molar-refractivity contribution < 1.29 is 52.6 Å². The van der Waals surface area contributed by atoms with E-state index in [1.807, 2.05) is 12.2 Å². The van der Waals surface area contributed by atoms with Gasteiger partial charge in [0.05, 0.1) is 19.8 Å². The molecule has 12 heteroatoms. The van der Waals surface area contributed by atoms with Gasteiger partial charge in [0.1, 0.15) is 12.7 Å². The van der Waals surface area contributed by atoms with Crippen molar-refractivity contribution in [3.63, 3.8) is 0 Å². The second-order valence-electron chi connectivity index (χ2n) is 13.7. The highest BCUT2D eigenvalue weighted by atomic mass is 31.2. The third-order valence-electron chi connectivity index (χ3n) is 8.46. The Labute approximate surface area is 326 Å². The highest BCUT2D eigenvalue weighted by Crippen LogP contribution is 2.43. The fourth-order valence-electron chi connectivity index (χ4n) is 5.20. The normalized spacial score (nSPS) is 14.3. The van der Waals surface area contributed by atoms with Gasteiger partial charge in [-0.2, -0.15) is 0 Å². The lowest BCUT2D eigenvalue weighted by atomic mass is 10.1. The summed E-state index contributed by atoms with van der Waals surface area (Å²) in [7, 11) is -4.64. The van der Waals surface area contributed by atoms with Gasteiger partial charge >= 0.3 is 19.8 Å². The molecule has 0 aliphatic rings. The quantitative estimate of drug-likeness (QED) is 0.0179. The van der Waals surface area contributed by atoms with E-state index < -0.39 is 51.8 Å². The highest BCUT2D eigenvalue weighted by molar-refractivity contribution is 7.47. The molecule has 11 nitrogen and oxygen atoms in total. The first kappa shape index (κ1) is 51.6. The molecule has 0 aliphatic carbocycles. The Morgan fingerprint density at radius 3 is 1.63 bits per heavy atom. The Balaban J connectivity index is 4.44. The Bertz CT molecular complexity index is 1100. The lowest BCUT2D eigenvalue weighted by Crippen LogP contribution is -2.29. The van der Waals surface area contributed by atoms with Crippen LogP contribution in [0.2, 0.25) is 0 Å². The molecule has 0 fully saturated rings. The molecule has 0 aromatic carbocycles. The molecule has 3 N–H and O–H groups in total. The van der Waals surface area contributed by atoms with Crippen LogP contribution in [0, 0.1) is 0 Å². The van der Waals surface area contributed by atoms with Crippen LogP contribution in [0.15, 0.2) is 48.6 Å². The summed E-state index contributed by atoms with van der Waals surface area (Å²) in [6, 6.07) is 0. The van der Waals surface area contributed by atoms with E-state index in [9.17, 15) is 28.9 Å². The van der Waals surface area contributed by atoms with E-state index in [4.69, 9.17) is 19.1 Å². The summed E-state index contributed by atoms with van der Waals surface area (Å²) >= 11 is 0. The average molecular weight is 785 g/mol. The molecule has 0 saturated carbocycles. The van der Waals surface area contributed by atoms with E-state index in [2.05, 4.69) is 42.7 Å². The third-order valence-corrected chi connectivity index (χ3v) is 9.41. The van der Waals surface area contributed by atoms with Crippen LogP contribution in [0.4, 0.5) is 0 Å². The molecule has 0 spiro atoms. The Kier molecular flexibility index (Phi) is 35.9. The summed E-state index contributed by atoms with van der Waals surface area (Å²) in [4.78, 5) is 46.6. The van der Waals surface area contributed by atoms with Crippen LogP contribution in [0.5, 0.6) is 0 Å². The van der Waals surface area contributed by atoms with Crippen LogP contribution in [0.25, 0.3) is 0 Å². The largest absolute Gasteiger partial charge is 0.472 e. The summed E-state index contributed by atoms with van der Waals surface area (Å²) < 4.78 is 32.6. The number of hydrogen-bond donors (Lipinski definition) is 3. The summed E-state index contributed by atoms with van der Waals surface area (Å²) in [5, 5.41) is 18.3. The second kappa shape index (κ2) is 37.5. The van der Waals surface area contributed by atoms with Crippen LogP contribution in [-0.4, -0.2) is 71.5 Å². The van der Waals surface area contributed by atoms with Gasteiger partial charge in [-0.3, -0.25) is 23.4 Å². The summed E-state index contributed by atoms with van der Waals surface area (Å²) in [5.41, 5.74) is 0. The van der Waals surface area contributed by atoms with E-state index in [-0.39, 0.29) is 25.2 Å². The van der Waals surface area contributed by atoms with Crippen LogP contribution in [0.1, 0.15) is 162 Å².